The number of aliphatic carboxylic acids is 1. The van der Waals surface area contributed by atoms with Gasteiger partial charge in [-0.3, -0.25) is 23.4 Å². The summed E-state index contributed by atoms with van der Waals surface area (Å²) in [5.41, 5.74) is 5.34. The number of ether oxygens (including phenoxy) is 2. The zero-order valence-electron chi connectivity index (χ0n) is 39.7. The van der Waals surface area contributed by atoms with E-state index in [1.807, 2.05) is 0 Å². The summed E-state index contributed by atoms with van der Waals surface area (Å²) in [4.78, 5) is 46.1. The molecule has 0 aliphatic heterocycles. The Bertz CT molecular complexity index is 1150. The van der Waals surface area contributed by atoms with Crippen molar-refractivity contribution in [1.82, 2.24) is 0 Å². The second-order valence-electron chi connectivity index (χ2n) is 17.3. The smallest absolute Gasteiger partial charge is 0.472 e. The van der Waals surface area contributed by atoms with Crippen LogP contribution in [0.2, 0.25) is 0 Å². The lowest BCUT2D eigenvalue weighted by molar-refractivity contribution is -0.161. The number of carbonyl (C=O) groups is 3. The molecule has 0 saturated carbocycles. The van der Waals surface area contributed by atoms with Gasteiger partial charge in [-0.2, -0.15) is 0 Å². The number of rotatable bonds is 48. The molecule has 0 aromatic carbocycles. The van der Waals surface area contributed by atoms with Gasteiger partial charge in [0, 0.05) is 12.8 Å². The Balaban J connectivity index is 4.26. The standard InChI is InChI=1S/C50H94NO10P/c1-3-5-7-9-11-13-15-17-19-20-21-22-23-24-25-26-28-30-32-34-36-38-40-42-49(53)61-46(44-59-62(56,57)60-45-47(51)50(54)55)43-58-48(52)41-39-37-35-33-31-29-27-18-16-14-12-10-8-6-4-2/h31,33-34,36,46-47H,3-30,32,35,37-45,51H2,1-2H3,(H,54,55)(H,56,57)/b33-31+,36-34+/t46-,47-/m0/s1. The van der Waals surface area contributed by atoms with Crippen molar-refractivity contribution in [2.75, 3.05) is 19.8 Å². The molecule has 0 radical (unpaired) electrons. The maximum Gasteiger partial charge on any atom is 0.472 e. The van der Waals surface area contributed by atoms with E-state index in [-0.39, 0.29) is 19.4 Å². The molecular formula is C50H94NO10P. The van der Waals surface area contributed by atoms with Gasteiger partial charge in [-0.1, -0.05) is 199 Å². The normalized spacial score (nSPS) is 13.7. The van der Waals surface area contributed by atoms with Gasteiger partial charge >= 0.3 is 25.7 Å². The van der Waals surface area contributed by atoms with Crippen LogP contribution in [0.15, 0.2) is 24.3 Å². The van der Waals surface area contributed by atoms with Crippen LogP contribution in [0.1, 0.15) is 245 Å². The Morgan fingerprint density at radius 3 is 1.23 bits per heavy atom. The van der Waals surface area contributed by atoms with Crippen molar-refractivity contribution >= 4 is 25.7 Å². The van der Waals surface area contributed by atoms with Gasteiger partial charge in [0.2, 0.25) is 0 Å². The van der Waals surface area contributed by atoms with Gasteiger partial charge in [0.05, 0.1) is 13.2 Å². The fourth-order valence-electron chi connectivity index (χ4n) is 7.18. The maximum absolute atomic E-state index is 12.7. The molecule has 62 heavy (non-hydrogen) atoms. The molecule has 1 unspecified atom stereocenters. The molecule has 0 spiro atoms. The Morgan fingerprint density at radius 2 is 0.823 bits per heavy atom. The van der Waals surface area contributed by atoms with Crippen molar-refractivity contribution in [3.05, 3.63) is 24.3 Å². The van der Waals surface area contributed by atoms with E-state index in [0.29, 0.717) is 19.3 Å². The van der Waals surface area contributed by atoms with Crippen molar-refractivity contribution in [2.45, 2.75) is 257 Å². The molecule has 0 heterocycles. The molecule has 0 aromatic heterocycles. The number of phosphoric ester groups is 1. The van der Waals surface area contributed by atoms with Crippen molar-refractivity contribution in [1.29, 1.82) is 0 Å². The SMILES string of the molecule is CCCCCCCCCCC/C=C/CCCCC(=O)OC[C@@H](COP(=O)(O)OC[C@H](N)C(=O)O)OC(=O)CCC/C=C/CCCCCCCCCCCCCCCCCCCC. The maximum atomic E-state index is 12.7. The minimum absolute atomic E-state index is 0.112. The molecule has 0 aromatic rings. The largest absolute Gasteiger partial charge is 0.480 e. The van der Waals surface area contributed by atoms with Crippen molar-refractivity contribution in [3.8, 4) is 0 Å². The van der Waals surface area contributed by atoms with E-state index in [9.17, 15) is 23.8 Å². The van der Waals surface area contributed by atoms with Gasteiger partial charge in [0.25, 0.3) is 0 Å². The van der Waals surface area contributed by atoms with E-state index >= 15 is 0 Å². The minimum atomic E-state index is -4.73. The highest BCUT2D eigenvalue weighted by atomic mass is 31.2. The minimum Gasteiger partial charge on any atom is -0.480 e. The number of esters is 2. The summed E-state index contributed by atoms with van der Waals surface area (Å²) in [5, 5.41) is 8.91. The van der Waals surface area contributed by atoms with E-state index in [4.69, 9.17) is 24.8 Å². The van der Waals surface area contributed by atoms with Gasteiger partial charge in [0.1, 0.15) is 12.6 Å². The Hall–Kier alpha value is -2.04. The summed E-state index contributed by atoms with van der Waals surface area (Å²) >= 11 is 0. The lowest BCUT2D eigenvalue weighted by Gasteiger charge is -2.20. The molecule has 3 atom stereocenters. The molecule has 0 rings (SSSR count). The van der Waals surface area contributed by atoms with Gasteiger partial charge < -0.3 is 25.2 Å². The number of phosphoric acid groups is 1. The summed E-state index contributed by atoms with van der Waals surface area (Å²) in [6.45, 7) is 2.80. The first-order chi connectivity index (χ1) is 30.1. The molecular weight excluding hydrogens is 806 g/mol. The first-order valence-electron chi connectivity index (χ1n) is 25.4. The average molecular weight is 900 g/mol. The van der Waals surface area contributed by atoms with Crippen LogP contribution >= 0.6 is 7.82 Å². The zero-order valence-corrected chi connectivity index (χ0v) is 40.6. The third kappa shape index (κ3) is 44.6. The van der Waals surface area contributed by atoms with Crippen molar-refractivity contribution in [2.24, 2.45) is 5.73 Å². The number of unbranched alkanes of at least 4 members (excludes halogenated alkanes) is 30. The van der Waals surface area contributed by atoms with Crippen LogP contribution in [0.25, 0.3) is 0 Å². The third-order valence-electron chi connectivity index (χ3n) is 11.2. The van der Waals surface area contributed by atoms with E-state index in [1.165, 1.54) is 167 Å². The highest BCUT2D eigenvalue weighted by Crippen LogP contribution is 2.43. The molecule has 4 N–H and O–H groups in total. The highest BCUT2D eigenvalue weighted by molar-refractivity contribution is 7.47. The molecule has 0 fully saturated rings. The number of allylic oxidation sites excluding steroid dienone is 4. The fourth-order valence-corrected chi connectivity index (χ4v) is 7.96. The van der Waals surface area contributed by atoms with E-state index < -0.39 is 51.1 Å². The van der Waals surface area contributed by atoms with Crippen LogP contribution in [0.5, 0.6) is 0 Å². The van der Waals surface area contributed by atoms with Crippen LogP contribution in [0.4, 0.5) is 0 Å². The average Bonchev–Trinajstić information content (AvgIpc) is 3.25. The Labute approximate surface area is 379 Å². The quantitative estimate of drug-likeness (QED) is 0.0230. The van der Waals surface area contributed by atoms with Gasteiger partial charge in [0.15, 0.2) is 6.10 Å². The number of carbonyl (C=O) groups excluding carboxylic acids is 2. The molecule has 0 saturated heterocycles. The van der Waals surface area contributed by atoms with E-state index in [2.05, 4.69) is 42.7 Å². The molecule has 12 heteroatoms. The zero-order chi connectivity index (χ0) is 45.6. The van der Waals surface area contributed by atoms with Crippen LogP contribution in [-0.4, -0.2) is 59.9 Å². The monoisotopic (exact) mass is 900 g/mol. The number of carboxylic acid groups (broad SMARTS) is 1. The predicted molar refractivity (Wildman–Crippen MR) is 254 cm³/mol. The topological polar surface area (TPSA) is 172 Å². The van der Waals surface area contributed by atoms with Crippen LogP contribution < -0.4 is 5.73 Å². The lowest BCUT2D eigenvalue weighted by Crippen LogP contribution is -2.34. The number of carboxylic acids is 1. The summed E-state index contributed by atoms with van der Waals surface area (Å²) in [7, 11) is -4.73. The number of hydrogen-bond acceptors (Lipinski definition) is 9. The lowest BCUT2D eigenvalue weighted by atomic mass is 10.0. The van der Waals surface area contributed by atoms with Gasteiger partial charge in [-0.25, -0.2) is 4.57 Å². The summed E-state index contributed by atoms with van der Waals surface area (Å²) < 4.78 is 32.7. The second-order valence-corrected chi connectivity index (χ2v) is 18.8. The van der Waals surface area contributed by atoms with Gasteiger partial charge in [-0.15, -0.1) is 0 Å². The summed E-state index contributed by atoms with van der Waals surface area (Å²) in [6.07, 6.45) is 49.8. The van der Waals surface area contributed by atoms with Crippen LogP contribution in [-0.2, 0) is 37.5 Å². The highest BCUT2D eigenvalue weighted by Gasteiger charge is 2.28. The first kappa shape index (κ1) is 60.0. The van der Waals surface area contributed by atoms with Crippen molar-refractivity contribution in [3.63, 3.8) is 0 Å². The molecule has 0 aliphatic carbocycles. The number of nitrogens with two attached hydrogens (primary N) is 1. The Kier molecular flexibility index (Phi) is 44.0. The summed E-state index contributed by atoms with van der Waals surface area (Å²) in [6, 6.07) is -1.53. The van der Waals surface area contributed by atoms with Crippen LogP contribution in [0.3, 0.4) is 0 Å². The first-order valence-corrected chi connectivity index (χ1v) is 26.9. The molecule has 364 valence electrons. The number of hydrogen-bond donors (Lipinski definition) is 3. The fraction of sp³-hybridized carbons (Fsp3) is 0.860. The van der Waals surface area contributed by atoms with E-state index in [1.54, 1.807) is 0 Å². The predicted octanol–water partition coefficient (Wildman–Crippen LogP) is 14.2. The van der Waals surface area contributed by atoms with Gasteiger partial charge in [-0.05, 0) is 57.8 Å². The molecule has 0 amide bonds. The van der Waals surface area contributed by atoms with E-state index in [0.717, 1.165) is 32.1 Å². The van der Waals surface area contributed by atoms with Crippen LogP contribution in [0, 0.1) is 0 Å². The summed E-state index contributed by atoms with van der Waals surface area (Å²) in [5.74, 6) is -2.43. The second kappa shape index (κ2) is 45.5. The molecule has 0 aliphatic rings. The molecule has 11 nitrogen and oxygen atoms in total. The molecule has 0 bridgehead atoms. The van der Waals surface area contributed by atoms with Crippen molar-refractivity contribution < 1.29 is 47.5 Å². The third-order valence-corrected chi connectivity index (χ3v) is 12.1. The Morgan fingerprint density at radius 1 is 0.484 bits per heavy atom.